The highest BCUT2D eigenvalue weighted by Crippen LogP contribution is 2.42. The first-order valence-electron chi connectivity index (χ1n) is 5.91. The van der Waals surface area contributed by atoms with Crippen LogP contribution in [-0.2, 0) is 14.9 Å². The molecule has 1 aliphatic carbocycles. The number of hydrogen-bond donors (Lipinski definition) is 0. The van der Waals surface area contributed by atoms with Crippen molar-refractivity contribution in [2.24, 2.45) is 0 Å². The average molecular weight is 220 g/mol. The normalized spacial score (nSPS) is 29.5. The summed E-state index contributed by atoms with van der Waals surface area (Å²) in [6.45, 7) is 0.746. The molecule has 1 aliphatic rings. The van der Waals surface area contributed by atoms with E-state index in [0.29, 0.717) is 0 Å². The van der Waals surface area contributed by atoms with Crippen LogP contribution in [0.4, 0.5) is 0 Å². The first-order valence-corrected chi connectivity index (χ1v) is 5.91. The predicted octanol–water partition coefficient (Wildman–Crippen LogP) is 2.77. The lowest BCUT2D eigenvalue weighted by Crippen LogP contribution is -2.40. The molecule has 88 valence electrons. The maximum Gasteiger partial charge on any atom is 0.0690 e. The van der Waals surface area contributed by atoms with Gasteiger partial charge in [0.05, 0.1) is 12.7 Å². The topological polar surface area (TPSA) is 18.5 Å². The van der Waals surface area contributed by atoms with Crippen molar-refractivity contribution in [2.45, 2.75) is 30.8 Å². The van der Waals surface area contributed by atoms with E-state index in [0.717, 1.165) is 19.4 Å². The molecular formula is C14H20O2. The largest absolute Gasteiger partial charge is 0.384 e. The van der Waals surface area contributed by atoms with Crippen molar-refractivity contribution in [3.05, 3.63) is 35.9 Å². The molecule has 2 atom stereocenters. The van der Waals surface area contributed by atoms with Crippen molar-refractivity contribution in [1.29, 1.82) is 0 Å². The Balaban J connectivity index is 2.35. The summed E-state index contributed by atoms with van der Waals surface area (Å²) in [5.74, 6) is 0. The van der Waals surface area contributed by atoms with Gasteiger partial charge in [-0.1, -0.05) is 30.3 Å². The maximum absolute atomic E-state index is 5.65. The van der Waals surface area contributed by atoms with E-state index in [-0.39, 0.29) is 11.5 Å². The van der Waals surface area contributed by atoms with Crippen LogP contribution in [0.3, 0.4) is 0 Å². The van der Waals surface area contributed by atoms with Gasteiger partial charge in [-0.3, -0.25) is 0 Å². The summed E-state index contributed by atoms with van der Waals surface area (Å²) >= 11 is 0. The molecule has 0 heterocycles. The Kier molecular flexibility index (Phi) is 3.62. The summed E-state index contributed by atoms with van der Waals surface area (Å²) in [4.78, 5) is 0. The van der Waals surface area contributed by atoms with E-state index < -0.39 is 0 Å². The lowest BCUT2D eigenvalue weighted by atomic mass is 9.78. The second kappa shape index (κ2) is 4.98. The summed E-state index contributed by atoms with van der Waals surface area (Å²) < 4.78 is 11.1. The van der Waals surface area contributed by atoms with Crippen molar-refractivity contribution < 1.29 is 9.47 Å². The van der Waals surface area contributed by atoms with Crippen LogP contribution in [0, 0.1) is 0 Å². The van der Waals surface area contributed by atoms with Gasteiger partial charge >= 0.3 is 0 Å². The van der Waals surface area contributed by atoms with E-state index >= 15 is 0 Å². The van der Waals surface area contributed by atoms with Crippen LogP contribution in [-0.4, -0.2) is 26.9 Å². The van der Waals surface area contributed by atoms with E-state index in [1.54, 1.807) is 7.11 Å². The van der Waals surface area contributed by atoms with Crippen molar-refractivity contribution >= 4 is 0 Å². The molecule has 2 heteroatoms. The monoisotopic (exact) mass is 220 g/mol. The van der Waals surface area contributed by atoms with Gasteiger partial charge in [-0.2, -0.15) is 0 Å². The third-order valence-electron chi connectivity index (χ3n) is 3.74. The zero-order chi connectivity index (χ0) is 11.4. The fraction of sp³-hybridized carbons (Fsp3) is 0.571. The molecular weight excluding hydrogens is 200 g/mol. The Morgan fingerprint density at radius 2 is 2.00 bits per heavy atom. The van der Waals surface area contributed by atoms with Gasteiger partial charge in [0, 0.05) is 19.6 Å². The molecule has 0 spiro atoms. The van der Waals surface area contributed by atoms with Crippen LogP contribution in [0.2, 0.25) is 0 Å². The first kappa shape index (κ1) is 11.6. The zero-order valence-electron chi connectivity index (χ0n) is 10.1. The fourth-order valence-corrected chi connectivity index (χ4v) is 2.99. The molecule has 0 N–H and O–H groups in total. The first-order chi connectivity index (χ1) is 7.83. The van der Waals surface area contributed by atoms with Gasteiger partial charge in [-0.25, -0.2) is 0 Å². The third-order valence-corrected chi connectivity index (χ3v) is 3.74. The highest BCUT2D eigenvalue weighted by molar-refractivity contribution is 5.29. The molecule has 16 heavy (non-hydrogen) atoms. The molecule has 1 saturated carbocycles. The zero-order valence-corrected chi connectivity index (χ0v) is 10.1. The lowest BCUT2D eigenvalue weighted by Gasteiger charge is -2.34. The molecule has 1 aromatic rings. The summed E-state index contributed by atoms with van der Waals surface area (Å²) in [5.41, 5.74) is 1.41. The Morgan fingerprint density at radius 1 is 1.25 bits per heavy atom. The van der Waals surface area contributed by atoms with Crippen LogP contribution >= 0.6 is 0 Å². The molecule has 0 saturated heterocycles. The minimum absolute atomic E-state index is 0.0603. The predicted molar refractivity (Wildman–Crippen MR) is 64.6 cm³/mol. The molecule has 1 aromatic carbocycles. The fourth-order valence-electron chi connectivity index (χ4n) is 2.99. The molecule has 2 rings (SSSR count). The summed E-state index contributed by atoms with van der Waals surface area (Å²) in [5, 5.41) is 0. The van der Waals surface area contributed by atoms with Gasteiger partial charge in [0.25, 0.3) is 0 Å². The van der Waals surface area contributed by atoms with E-state index in [1.165, 1.54) is 12.0 Å². The smallest absolute Gasteiger partial charge is 0.0690 e. The molecule has 1 fully saturated rings. The molecule has 2 nitrogen and oxygen atoms in total. The second-order valence-corrected chi connectivity index (χ2v) is 4.57. The van der Waals surface area contributed by atoms with Crippen molar-refractivity contribution in [1.82, 2.24) is 0 Å². The molecule has 0 amide bonds. The maximum atomic E-state index is 5.65. The second-order valence-electron chi connectivity index (χ2n) is 4.57. The minimum Gasteiger partial charge on any atom is -0.384 e. The van der Waals surface area contributed by atoms with Crippen LogP contribution in [0.25, 0.3) is 0 Å². The van der Waals surface area contributed by atoms with Crippen LogP contribution < -0.4 is 0 Å². The van der Waals surface area contributed by atoms with Gasteiger partial charge < -0.3 is 9.47 Å². The van der Waals surface area contributed by atoms with Crippen molar-refractivity contribution in [3.8, 4) is 0 Å². The number of rotatable bonds is 4. The molecule has 0 aromatic heterocycles. The molecule has 0 radical (unpaired) electrons. The van der Waals surface area contributed by atoms with Gasteiger partial charge in [-0.05, 0) is 24.8 Å². The average Bonchev–Trinajstić information content (AvgIpc) is 2.75. The molecule has 0 aliphatic heterocycles. The SMILES string of the molecule is COCC1(c2ccccc2)CCCC1OC. The van der Waals surface area contributed by atoms with Crippen LogP contribution in [0.1, 0.15) is 24.8 Å². The van der Waals surface area contributed by atoms with E-state index in [9.17, 15) is 0 Å². The van der Waals surface area contributed by atoms with Gasteiger partial charge in [0.2, 0.25) is 0 Å². The number of ether oxygens (including phenoxy) is 2. The van der Waals surface area contributed by atoms with Crippen LogP contribution in [0.15, 0.2) is 30.3 Å². The highest BCUT2D eigenvalue weighted by Gasteiger charge is 2.44. The molecule has 0 bridgehead atoms. The summed E-state index contributed by atoms with van der Waals surface area (Å²) in [6.07, 6.45) is 3.80. The van der Waals surface area contributed by atoms with Crippen molar-refractivity contribution in [2.75, 3.05) is 20.8 Å². The number of methoxy groups -OCH3 is 2. The Bertz CT molecular complexity index is 323. The Morgan fingerprint density at radius 3 is 2.62 bits per heavy atom. The third kappa shape index (κ3) is 1.87. The van der Waals surface area contributed by atoms with Crippen molar-refractivity contribution in [3.63, 3.8) is 0 Å². The minimum atomic E-state index is 0.0603. The van der Waals surface area contributed by atoms with Crippen LogP contribution in [0.5, 0.6) is 0 Å². The Hall–Kier alpha value is -0.860. The quantitative estimate of drug-likeness (QED) is 0.776. The van der Waals surface area contributed by atoms with E-state index in [2.05, 4.69) is 30.3 Å². The van der Waals surface area contributed by atoms with E-state index in [4.69, 9.17) is 9.47 Å². The highest BCUT2D eigenvalue weighted by atomic mass is 16.5. The standard InChI is InChI=1S/C14H20O2/c1-15-11-14(10-6-9-13(14)16-2)12-7-4-3-5-8-12/h3-5,7-8,13H,6,9-11H2,1-2H3. The number of benzene rings is 1. The van der Waals surface area contributed by atoms with Gasteiger partial charge in [-0.15, -0.1) is 0 Å². The summed E-state index contributed by atoms with van der Waals surface area (Å²) in [6, 6.07) is 10.6. The summed E-state index contributed by atoms with van der Waals surface area (Å²) in [7, 11) is 3.58. The number of hydrogen-bond acceptors (Lipinski definition) is 2. The Labute approximate surface area is 97.6 Å². The van der Waals surface area contributed by atoms with Gasteiger partial charge in [0.15, 0.2) is 0 Å². The van der Waals surface area contributed by atoms with E-state index in [1.807, 2.05) is 7.11 Å². The lowest BCUT2D eigenvalue weighted by molar-refractivity contribution is 0.0100. The molecule has 2 unspecified atom stereocenters. The van der Waals surface area contributed by atoms with Gasteiger partial charge in [0.1, 0.15) is 0 Å².